The fourth-order valence-electron chi connectivity index (χ4n) is 5.18. The Bertz CT molecular complexity index is 1280. The van der Waals surface area contributed by atoms with Crippen molar-refractivity contribution in [2.24, 2.45) is 0 Å². The number of carbonyl (C=O) groups excluding carboxylic acids is 3. The lowest BCUT2D eigenvalue weighted by molar-refractivity contribution is -0.140. The number of benzene rings is 1. The molecule has 1 amide bonds. The van der Waals surface area contributed by atoms with Crippen LogP contribution in [0.5, 0.6) is 11.5 Å². The minimum absolute atomic E-state index is 0.0925. The molecule has 4 rings (SSSR count). The van der Waals surface area contributed by atoms with Crippen molar-refractivity contribution in [2.45, 2.75) is 19.9 Å². The zero-order valence-corrected chi connectivity index (χ0v) is 22.3. The van der Waals surface area contributed by atoms with E-state index in [0.717, 1.165) is 13.1 Å². The molecule has 1 atom stereocenters. The van der Waals surface area contributed by atoms with Gasteiger partial charge in [-0.2, -0.15) is 0 Å². The van der Waals surface area contributed by atoms with Crippen LogP contribution >= 0.6 is 0 Å². The van der Waals surface area contributed by atoms with Gasteiger partial charge in [0.25, 0.3) is 11.7 Å². The highest BCUT2D eigenvalue weighted by atomic mass is 16.5. The number of hydrogen-bond acceptors (Lipinski definition) is 9. The van der Waals surface area contributed by atoms with E-state index in [1.54, 1.807) is 32.0 Å². The summed E-state index contributed by atoms with van der Waals surface area (Å²) in [6.45, 7) is 6.70. The van der Waals surface area contributed by atoms with Crippen LogP contribution in [-0.4, -0.2) is 98.3 Å². The summed E-state index contributed by atoms with van der Waals surface area (Å²) >= 11 is 0. The minimum Gasteiger partial charge on any atom is -0.507 e. The van der Waals surface area contributed by atoms with Crippen molar-refractivity contribution in [3.8, 4) is 11.5 Å². The summed E-state index contributed by atoms with van der Waals surface area (Å²) in [4.78, 5) is 45.8. The number of aliphatic hydroxyl groups excluding tert-OH is 1. The molecule has 3 heterocycles. The van der Waals surface area contributed by atoms with Gasteiger partial charge in [-0.05, 0) is 25.5 Å². The summed E-state index contributed by atoms with van der Waals surface area (Å²) in [7, 11) is 4.23. The lowest BCUT2D eigenvalue weighted by Gasteiger charge is -2.31. The fraction of sp³-hybridized carbons (Fsp3) is 0.444. The van der Waals surface area contributed by atoms with Gasteiger partial charge in [0.05, 0.1) is 46.2 Å². The van der Waals surface area contributed by atoms with Crippen LogP contribution in [0.1, 0.15) is 38.9 Å². The van der Waals surface area contributed by atoms with Crippen molar-refractivity contribution in [1.29, 1.82) is 0 Å². The lowest BCUT2D eigenvalue weighted by atomic mass is 9.93. The molecular formula is C27H33N3O8. The summed E-state index contributed by atoms with van der Waals surface area (Å²) in [6, 6.07) is 4.24. The quantitative estimate of drug-likeness (QED) is 0.230. The SMILES string of the molecule is COC(=O)c1[nH]c(C)c(/C(O)=C2\C(=O)C(=O)N(CCN3CCOCC3)[C@@H]2c2cccc(OC)c2OC)c1C. The molecule has 2 fully saturated rings. The van der Waals surface area contributed by atoms with Gasteiger partial charge in [0.2, 0.25) is 0 Å². The molecule has 204 valence electrons. The highest BCUT2D eigenvalue weighted by Gasteiger charge is 2.48. The van der Waals surface area contributed by atoms with Crippen LogP contribution in [0.2, 0.25) is 0 Å². The third-order valence-electron chi connectivity index (χ3n) is 7.09. The average molecular weight is 528 g/mol. The monoisotopic (exact) mass is 527 g/mol. The Morgan fingerprint density at radius 2 is 1.82 bits per heavy atom. The van der Waals surface area contributed by atoms with E-state index in [4.69, 9.17) is 18.9 Å². The Hall–Kier alpha value is -3.83. The first kappa shape index (κ1) is 27.2. The number of morpholine rings is 1. The number of aliphatic hydroxyl groups is 1. The molecule has 1 aromatic carbocycles. The molecule has 2 aromatic rings. The maximum absolute atomic E-state index is 13.5. The predicted molar refractivity (Wildman–Crippen MR) is 137 cm³/mol. The molecule has 0 saturated carbocycles. The van der Waals surface area contributed by atoms with Crippen molar-refractivity contribution in [2.75, 3.05) is 60.7 Å². The molecule has 38 heavy (non-hydrogen) atoms. The second-order valence-corrected chi connectivity index (χ2v) is 9.15. The third kappa shape index (κ3) is 4.74. The second kappa shape index (κ2) is 11.3. The predicted octanol–water partition coefficient (Wildman–Crippen LogP) is 2.19. The van der Waals surface area contributed by atoms with Gasteiger partial charge in [0.15, 0.2) is 11.5 Å². The van der Waals surface area contributed by atoms with Crippen LogP contribution in [0.4, 0.5) is 0 Å². The van der Waals surface area contributed by atoms with E-state index in [9.17, 15) is 19.5 Å². The number of likely N-dealkylation sites (tertiary alicyclic amines) is 1. The van der Waals surface area contributed by atoms with Crippen LogP contribution in [0.25, 0.3) is 5.76 Å². The van der Waals surface area contributed by atoms with E-state index in [1.165, 1.54) is 26.2 Å². The highest BCUT2D eigenvalue weighted by Crippen LogP contribution is 2.46. The number of hydrogen-bond donors (Lipinski definition) is 2. The first-order valence-electron chi connectivity index (χ1n) is 12.3. The Morgan fingerprint density at radius 3 is 2.45 bits per heavy atom. The number of carbonyl (C=O) groups is 3. The van der Waals surface area contributed by atoms with Crippen LogP contribution in [0, 0.1) is 13.8 Å². The molecule has 11 heteroatoms. The summed E-state index contributed by atoms with van der Waals surface area (Å²) in [5, 5.41) is 11.6. The zero-order chi connectivity index (χ0) is 27.6. The Labute approximate surface area is 220 Å². The summed E-state index contributed by atoms with van der Waals surface area (Å²) in [5.74, 6) is -1.77. The Balaban J connectivity index is 1.88. The minimum atomic E-state index is -0.948. The molecule has 2 saturated heterocycles. The van der Waals surface area contributed by atoms with E-state index in [1.807, 2.05) is 0 Å². The molecule has 2 aliphatic heterocycles. The first-order chi connectivity index (χ1) is 18.2. The number of nitrogens with zero attached hydrogens (tertiary/aromatic N) is 2. The standard InChI is InChI=1S/C27H33N3O8/c1-15-19(16(2)28-21(15)27(34)37-5)23(31)20-22(17-7-6-8-18(35-3)25(17)36-4)30(26(33)24(20)32)10-9-29-11-13-38-14-12-29/h6-8,22,28,31H,9-14H2,1-5H3/b23-20+/t22-/m1/s1. The summed E-state index contributed by atoms with van der Waals surface area (Å²) < 4.78 is 21.4. The largest absolute Gasteiger partial charge is 0.507 e. The molecule has 0 aliphatic carbocycles. The van der Waals surface area contributed by atoms with Gasteiger partial charge >= 0.3 is 5.97 Å². The Morgan fingerprint density at radius 1 is 1.11 bits per heavy atom. The molecule has 2 N–H and O–H groups in total. The molecular weight excluding hydrogens is 494 g/mol. The van der Waals surface area contributed by atoms with Crippen molar-refractivity contribution in [3.05, 3.63) is 51.9 Å². The first-order valence-corrected chi connectivity index (χ1v) is 12.3. The van der Waals surface area contributed by atoms with Gasteiger partial charge in [-0.25, -0.2) is 4.79 Å². The number of ether oxygens (including phenoxy) is 4. The van der Waals surface area contributed by atoms with E-state index < -0.39 is 23.7 Å². The maximum Gasteiger partial charge on any atom is 0.354 e. The number of rotatable bonds is 8. The van der Waals surface area contributed by atoms with Gasteiger partial charge in [-0.15, -0.1) is 0 Å². The lowest BCUT2D eigenvalue weighted by Crippen LogP contribution is -2.42. The van der Waals surface area contributed by atoms with Crippen LogP contribution in [0.3, 0.4) is 0 Å². The van der Waals surface area contributed by atoms with Gasteiger partial charge in [0.1, 0.15) is 11.5 Å². The van der Waals surface area contributed by atoms with Crippen LogP contribution in [-0.2, 0) is 19.1 Å². The fourth-order valence-corrected chi connectivity index (χ4v) is 5.18. The molecule has 0 radical (unpaired) electrons. The van der Waals surface area contributed by atoms with Crippen molar-refractivity contribution in [1.82, 2.24) is 14.8 Å². The third-order valence-corrected chi connectivity index (χ3v) is 7.09. The van der Waals surface area contributed by atoms with Crippen LogP contribution < -0.4 is 9.47 Å². The maximum atomic E-state index is 13.5. The topological polar surface area (TPSA) is 131 Å². The van der Waals surface area contributed by atoms with Gasteiger partial charge in [-0.3, -0.25) is 14.5 Å². The number of aryl methyl sites for hydroxylation is 1. The number of aromatic amines is 1. The average Bonchev–Trinajstić information content (AvgIpc) is 3.37. The van der Waals surface area contributed by atoms with Gasteiger partial charge < -0.3 is 33.9 Å². The molecule has 0 bridgehead atoms. The zero-order valence-electron chi connectivity index (χ0n) is 22.3. The van der Waals surface area contributed by atoms with Gasteiger partial charge in [-0.1, -0.05) is 12.1 Å². The number of ketones is 1. The smallest absolute Gasteiger partial charge is 0.354 e. The van der Waals surface area contributed by atoms with E-state index in [0.29, 0.717) is 48.1 Å². The van der Waals surface area contributed by atoms with Gasteiger partial charge in [0, 0.05) is 43.0 Å². The number of para-hydroxylation sites is 1. The van der Waals surface area contributed by atoms with E-state index in [-0.39, 0.29) is 29.1 Å². The second-order valence-electron chi connectivity index (χ2n) is 9.15. The van der Waals surface area contributed by atoms with Crippen LogP contribution in [0.15, 0.2) is 23.8 Å². The summed E-state index contributed by atoms with van der Waals surface area (Å²) in [5.41, 5.74) is 1.69. The highest BCUT2D eigenvalue weighted by molar-refractivity contribution is 6.46. The van der Waals surface area contributed by atoms with Crippen molar-refractivity contribution < 1.29 is 38.4 Å². The molecule has 0 unspecified atom stereocenters. The molecule has 0 spiro atoms. The number of Topliss-reactive ketones (excluding diaryl/α,β-unsaturated/α-hetero) is 1. The Kier molecular flexibility index (Phi) is 8.08. The molecule has 1 aromatic heterocycles. The van der Waals surface area contributed by atoms with Crippen molar-refractivity contribution in [3.63, 3.8) is 0 Å². The number of esters is 1. The number of amides is 1. The normalized spacial score (nSPS) is 19.6. The molecule has 2 aliphatic rings. The number of H-pyrrole nitrogens is 1. The molecule has 11 nitrogen and oxygen atoms in total. The van der Waals surface area contributed by atoms with E-state index >= 15 is 0 Å². The summed E-state index contributed by atoms with van der Waals surface area (Å²) in [6.07, 6.45) is 0. The van der Waals surface area contributed by atoms with E-state index in [2.05, 4.69) is 9.88 Å². The number of nitrogens with one attached hydrogen (secondary N) is 1. The number of aromatic nitrogens is 1. The van der Waals surface area contributed by atoms with Crippen molar-refractivity contribution >= 4 is 23.4 Å². The number of methoxy groups -OCH3 is 3.